The van der Waals surface area contributed by atoms with E-state index in [1.165, 1.54) is 0 Å². The highest BCUT2D eigenvalue weighted by Crippen LogP contribution is 2.44. The monoisotopic (exact) mass is 551 g/mol. The first-order valence-electron chi connectivity index (χ1n) is 13.0. The number of halogens is 1. The van der Waals surface area contributed by atoms with E-state index in [1.54, 1.807) is 12.3 Å². The zero-order chi connectivity index (χ0) is 27.6. The van der Waals surface area contributed by atoms with Crippen LogP contribution in [0.5, 0.6) is 0 Å². The van der Waals surface area contributed by atoms with Gasteiger partial charge in [0.15, 0.2) is 0 Å². The molecule has 0 fully saturated rings. The van der Waals surface area contributed by atoms with Crippen LogP contribution in [0.25, 0.3) is 22.0 Å². The molecule has 0 radical (unpaired) electrons. The average Bonchev–Trinajstić information content (AvgIpc) is 3.48. The molecule has 1 aliphatic carbocycles. The number of fused-ring (bicyclic) bond motifs is 4. The van der Waals surface area contributed by atoms with Crippen LogP contribution in [0.15, 0.2) is 97.3 Å². The van der Waals surface area contributed by atoms with Crippen LogP contribution in [0.3, 0.4) is 0 Å². The Morgan fingerprint density at radius 1 is 0.950 bits per heavy atom. The fraction of sp³-hybridized carbons (Fsp3) is 0.156. The molecule has 1 aliphatic rings. The minimum atomic E-state index is -1.16. The van der Waals surface area contributed by atoms with Crippen molar-refractivity contribution in [3.8, 4) is 11.1 Å². The molecule has 7 nitrogen and oxygen atoms in total. The number of pyridine rings is 1. The number of carboxylic acid groups (broad SMARTS) is 1. The molecule has 1 amide bonds. The first kappa shape index (κ1) is 25.6. The number of nitrogens with zero attached hydrogens (tertiary/aromatic N) is 2. The number of hydrogen-bond acceptors (Lipinski definition) is 4. The maximum Gasteiger partial charge on any atom is 0.407 e. The quantitative estimate of drug-likeness (QED) is 0.222. The number of carboxylic acids is 1. The lowest BCUT2D eigenvalue weighted by Gasteiger charge is -2.17. The summed E-state index contributed by atoms with van der Waals surface area (Å²) in [5.74, 6) is -1.24. The number of aromatic nitrogens is 2. The molecule has 40 heavy (non-hydrogen) atoms. The number of benzene rings is 3. The second-order valence-corrected chi connectivity index (χ2v) is 10.2. The van der Waals surface area contributed by atoms with Gasteiger partial charge in [-0.25, -0.2) is 14.6 Å². The average molecular weight is 552 g/mol. The number of carbonyl (C=O) groups is 2. The predicted octanol–water partition coefficient (Wildman–Crippen LogP) is 6.27. The lowest BCUT2D eigenvalue weighted by atomic mass is 9.98. The van der Waals surface area contributed by atoms with Crippen molar-refractivity contribution >= 4 is 34.6 Å². The van der Waals surface area contributed by atoms with Crippen LogP contribution >= 0.6 is 11.6 Å². The van der Waals surface area contributed by atoms with E-state index in [4.69, 9.17) is 16.3 Å². The molecule has 2 heterocycles. The molecule has 1 atom stereocenters. The van der Waals surface area contributed by atoms with Crippen molar-refractivity contribution in [2.75, 3.05) is 6.61 Å². The van der Waals surface area contributed by atoms with Gasteiger partial charge in [0.05, 0.1) is 0 Å². The van der Waals surface area contributed by atoms with Crippen LogP contribution < -0.4 is 5.32 Å². The van der Waals surface area contributed by atoms with Gasteiger partial charge in [0.2, 0.25) is 0 Å². The number of amides is 1. The Kier molecular flexibility index (Phi) is 6.97. The fourth-order valence-electron chi connectivity index (χ4n) is 5.52. The Balaban J connectivity index is 1.17. The highest BCUT2D eigenvalue weighted by Gasteiger charge is 2.30. The van der Waals surface area contributed by atoms with Gasteiger partial charge in [-0.3, -0.25) is 0 Å². The first-order chi connectivity index (χ1) is 19.5. The van der Waals surface area contributed by atoms with Crippen LogP contribution in [0.1, 0.15) is 28.2 Å². The summed E-state index contributed by atoms with van der Waals surface area (Å²) in [6.45, 7) is 0.656. The highest BCUT2D eigenvalue weighted by atomic mass is 35.5. The highest BCUT2D eigenvalue weighted by molar-refractivity contribution is 6.29. The Morgan fingerprint density at radius 3 is 2.30 bits per heavy atom. The van der Waals surface area contributed by atoms with Crippen LogP contribution in [-0.4, -0.2) is 39.4 Å². The fourth-order valence-corrected chi connectivity index (χ4v) is 5.63. The predicted molar refractivity (Wildman–Crippen MR) is 154 cm³/mol. The number of alkyl carbamates (subject to hydrolysis) is 1. The van der Waals surface area contributed by atoms with Gasteiger partial charge >= 0.3 is 12.1 Å². The van der Waals surface area contributed by atoms with E-state index >= 15 is 0 Å². The van der Waals surface area contributed by atoms with Crippen molar-refractivity contribution in [2.24, 2.45) is 0 Å². The minimum absolute atomic E-state index is 0.103. The first-order valence-corrected chi connectivity index (χ1v) is 13.4. The Morgan fingerprint density at radius 2 is 1.62 bits per heavy atom. The van der Waals surface area contributed by atoms with Crippen LogP contribution in [0.2, 0.25) is 5.15 Å². The Labute approximate surface area is 236 Å². The molecule has 8 heteroatoms. The number of para-hydroxylation sites is 1. The minimum Gasteiger partial charge on any atom is -0.480 e. The summed E-state index contributed by atoms with van der Waals surface area (Å²) in [5, 5.41) is 13.9. The third-order valence-corrected chi connectivity index (χ3v) is 7.59. The molecule has 200 valence electrons. The van der Waals surface area contributed by atoms with Gasteiger partial charge < -0.3 is 19.7 Å². The molecule has 5 aromatic rings. The van der Waals surface area contributed by atoms with Gasteiger partial charge in [0, 0.05) is 42.2 Å². The van der Waals surface area contributed by atoms with Gasteiger partial charge in [-0.2, -0.15) is 0 Å². The number of aliphatic carboxylic acids is 1. The number of rotatable bonds is 8. The van der Waals surface area contributed by atoms with Crippen LogP contribution in [0.4, 0.5) is 4.79 Å². The number of hydrogen-bond donors (Lipinski definition) is 2. The largest absolute Gasteiger partial charge is 0.480 e. The van der Waals surface area contributed by atoms with E-state index in [2.05, 4.69) is 22.4 Å². The van der Waals surface area contributed by atoms with Gasteiger partial charge in [-0.15, -0.1) is 0 Å². The molecule has 0 bridgehead atoms. The molecule has 1 unspecified atom stereocenters. The van der Waals surface area contributed by atoms with Crippen molar-refractivity contribution in [1.29, 1.82) is 0 Å². The second kappa shape index (κ2) is 10.9. The zero-order valence-corrected chi connectivity index (χ0v) is 22.2. The zero-order valence-electron chi connectivity index (χ0n) is 21.5. The molecular formula is C32H26ClN3O4. The van der Waals surface area contributed by atoms with E-state index in [9.17, 15) is 14.7 Å². The maximum absolute atomic E-state index is 12.8. The lowest BCUT2D eigenvalue weighted by molar-refractivity contribution is -0.139. The third-order valence-electron chi connectivity index (χ3n) is 7.37. The van der Waals surface area contributed by atoms with E-state index < -0.39 is 18.1 Å². The van der Waals surface area contributed by atoms with E-state index in [-0.39, 0.29) is 18.9 Å². The van der Waals surface area contributed by atoms with Crippen molar-refractivity contribution in [3.05, 3.63) is 125 Å². The molecular weight excluding hydrogens is 526 g/mol. The molecule has 0 saturated heterocycles. The summed E-state index contributed by atoms with van der Waals surface area (Å²) in [5.41, 5.74) is 7.16. The molecule has 2 aromatic heterocycles. The standard InChI is InChI=1S/C32H26ClN3O4/c33-30-14-13-20(16-34-30)17-36-18-21(22-7-5-6-12-29(22)36)15-28(31(37)38)35-32(39)40-19-27-25-10-3-1-8-23(25)24-9-2-4-11-26(24)27/h1-14,16,18,27-28H,15,17,19H2,(H,35,39)(H,37,38). The van der Waals surface area contributed by atoms with Gasteiger partial charge in [-0.1, -0.05) is 84.4 Å². The second-order valence-electron chi connectivity index (χ2n) is 9.85. The Hall–Kier alpha value is -4.62. The summed E-state index contributed by atoms with van der Waals surface area (Å²) < 4.78 is 7.65. The van der Waals surface area contributed by atoms with Crippen LogP contribution in [-0.2, 0) is 22.5 Å². The van der Waals surface area contributed by atoms with Crippen molar-refractivity contribution in [3.63, 3.8) is 0 Å². The lowest BCUT2D eigenvalue weighted by Crippen LogP contribution is -2.42. The number of nitrogens with one attached hydrogen (secondary N) is 1. The Bertz CT molecular complexity index is 1670. The molecule has 6 rings (SSSR count). The summed E-state index contributed by atoms with van der Waals surface area (Å²) in [6, 6.07) is 26.4. The topological polar surface area (TPSA) is 93.5 Å². The summed E-state index contributed by atoms with van der Waals surface area (Å²) >= 11 is 5.93. The number of carbonyl (C=O) groups excluding carboxylic acids is 1. The SMILES string of the molecule is O=C(NC(Cc1cn(Cc2ccc(Cl)nc2)c2ccccc12)C(=O)O)OCC1c2ccccc2-c2ccccc21. The normalized spacial score (nSPS) is 13.0. The van der Waals surface area contributed by atoms with Gasteiger partial charge in [0.1, 0.15) is 17.8 Å². The smallest absolute Gasteiger partial charge is 0.407 e. The van der Waals surface area contributed by atoms with E-state index in [0.717, 1.165) is 44.3 Å². The van der Waals surface area contributed by atoms with Crippen LogP contribution in [0, 0.1) is 0 Å². The molecule has 0 aliphatic heterocycles. The third kappa shape index (κ3) is 5.03. The molecule has 3 aromatic carbocycles. The van der Waals surface area contributed by atoms with Crippen molar-refractivity contribution in [1.82, 2.24) is 14.9 Å². The van der Waals surface area contributed by atoms with E-state index in [0.29, 0.717) is 11.7 Å². The van der Waals surface area contributed by atoms with Gasteiger partial charge in [-0.05, 0) is 45.5 Å². The summed E-state index contributed by atoms with van der Waals surface area (Å²) in [4.78, 5) is 29.2. The maximum atomic E-state index is 12.8. The van der Waals surface area contributed by atoms with Crippen molar-refractivity contribution < 1.29 is 19.4 Å². The molecule has 0 spiro atoms. The number of ether oxygens (including phenoxy) is 1. The molecule has 2 N–H and O–H groups in total. The molecule has 0 saturated carbocycles. The summed E-state index contributed by atoms with van der Waals surface area (Å²) in [6.07, 6.45) is 2.99. The van der Waals surface area contributed by atoms with Crippen molar-refractivity contribution in [2.45, 2.75) is 24.9 Å². The van der Waals surface area contributed by atoms with Gasteiger partial charge in [0.25, 0.3) is 0 Å². The van der Waals surface area contributed by atoms with E-state index in [1.807, 2.05) is 77.5 Å². The summed E-state index contributed by atoms with van der Waals surface area (Å²) in [7, 11) is 0.